The van der Waals surface area contributed by atoms with Crippen LogP contribution in [0.25, 0.3) is 11.1 Å². The predicted molar refractivity (Wildman–Crippen MR) is 163 cm³/mol. The third-order valence-corrected chi connectivity index (χ3v) is 7.71. The number of aromatic nitrogens is 1. The Bertz CT molecular complexity index is 1300. The van der Waals surface area contributed by atoms with Gasteiger partial charge in [-0.25, -0.2) is 4.79 Å². The Morgan fingerprint density at radius 1 is 0.975 bits per heavy atom. The van der Waals surface area contributed by atoms with Gasteiger partial charge >= 0.3 is 5.97 Å². The van der Waals surface area contributed by atoms with E-state index in [2.05, 4.69) is 72.6 Å². The number of ether oxygens (including phenoxy) is 1. The van der Waals surface area contributed by atoms with E-state index < -0.39 is 17.7 Å². The molecular weight excluding hydrogens is 498 g/mol. The van der Waals surface area contributed by atoms with Gasteiger partial charge in [0.2, 0.25) is 0 Å². The Kier molecular flexibility index (Phi) is 9.01. The van der Waals surface area contributed by atoms with Crippen LogP contribution in [-0.2, 0) is 22.6 Å². The molecule has 0 unspecified atom stereocenters. The first-order valence-corrected chi connectivity index (χ1v) is 14.4. The van der Waals surface area contributed by atoms with E-state index in [9.17, 15) is 9.90 Å². The van der Waals surface area contributed by atoms with Crippen LogP contribution >= 0.6 is 0 Å². The monoisotopic (exact) mass is 543 g/mol. The molecule has 0 amide bonds. The van der Waals surface area contributed by atoms with E-state index >= 15 is 0 Å². The second-order valence-corrected chi connectivity index (χ2v) is 12.8. The molecule has 214 valence electrons. The summed E-state index contributed by atoms with van der Waals surface area (Å²) in [6.45, 7) is 17.5. The van der Waals surface area contributed by atoms with E-state index in [0.29, 0.717) is 11.3 Å². The van der Waals surface area contributed by atoms with Gasteiger partial charge in [0.1, 0.15) is 0 Å². The summed E-state index contributed by atoms with van der Waals surface area (Å²) in [7, 11) is 0. The molecule has 1 aromatic heterocycles. The average Bonchev–Trinajstić information content (AvgIpc) is 2.88. The van der Waals surface area contributed by atoms with Crippen molar-refractivity contribution in [1.82, 2.24) is 10.3 Å². The van der Waals surface area contributed by atoms with Crippen LogP contribution in [0.2, 0.25) is 0 Å². The molecule has 40 heavy (non-hydrogen) atoms. The molecule has 2 aromatic carbocycles. The van der Waals surface area contributed by atoms with Crippen molar-refractivity contribution in [2.24, 2.45) is 5.41 Å². The minimum atomic E-state index is -1.11. The Labute approximate surface area is 239 Å². The van der Waals surface area contributed by atoms with Crippen molar-refractivity contribution in [1.29, 1.82) is 0 Å². The van der Waals surface area contributed by atoms with Crippen molar-refractivity contribution in [2.45, 2.75) is 86.1 Å². The molecule has 0 aliphatic carbocycles. The number of carboxylic acids is 1. The van der Waals surface area contributed by atoms with Gasteiger partial charge in [-0.1, -0.05) is 68.4 Å². The molecule has 6 nitrogen and oxygen atoms in total. The van der Waals surface area contributed by atoms with Gasteiger partial charge in [-0.05, 0) is 69.6 Å². The van der Waals surface area contributed by atoms with Gasteiger partial charge in [0.15, 0.2) is 6.10 Å². The molecule has 1 aliphatic heterocycles. The summed E-state index contributed by atoms with van der Waals surface area (Å²) >= 11 is 0. The first-order chi connectivity index (χ1) is 18.8. The highest BCUT2D eigenvalue weighted by molar-refractivity contribution is 5.88. The zero-order valence-corrected chi connectivity index (χ0v) is 25.2. The lowest BCUT2D eigenvalue weighted by molar-refractivity contribution is -0.160. The van der Waals surface area contributed by atoms with Crippen molar-refractivity contribution < 1.29 is 14.6 Å². The molecule has 6 heteroatoms. The number of pyridine rings is 1. The van der Waals surface area contributed by atoms with E-state index in [-0.39, 0.29) is 5.41 Å². The van der Waals surface area contributed by atoms with Crippen molar-refractivity contribution in [2.75, 3.05) is 18.0 Å². The maximum Gasteiger partial charge on any atom is 0.337 e. The molecule has 4 rings (SSSR count). The molecular formula is C34H45N3O3. The van der Waals surface area contributed by atoms with Crippen molar-refractivity contribution in [3.63, 3.8) is 0 Å². The summed E-state index contributed by atoms with van der Waals surface area (Å²) in [6.07, 6.45) is 0.963. The van der Waals surface area contributed by atoms with Crippen LogP contribution in [0.1, 0.15) is 81.6 Å². The number of hydrogen-bond donors (Lipinski definition) is 2. The molecule has 1 saturated heterocycles. The Balaban J connectivity index is 1.74. The molecule has 0 radical (unpaired) electrons. The van der Waals surface area contributed by atoms with Crippen LogP contribution in [0.15, 0.2) is 54.6 Å². The number of piperidine rings is 1. The smallest absolute Gasteiger partial charge is 0.337 e. The third kappa shape index (κ3) is 7.29. The molecule has 1 atom stereocenters. The number of nitrogens with one attached hydrogen (secondary N) is 1. The first kappa shape index (κ1) is 29.8. The summed E-state index contributed by atoms with van der Waals surface area (Å²) in [4.78, 5) is 19.9. The van der Waals surface area contributed by atoms with E-state index in [1.807, 2.05) is 40.7 Å². The van der Waals surface area contributed by atoms with Gasteiger partial charge in [0, 0.05) is 48.7 Å². The molecule has 0 bridgehead atoms. The van der Waals surface area contributed by atoms with Crippen LogP contribution in [0.3, 0.4) is 0 Å². The number of hydrogen-bond acceptors (Lipinski definition) is 5. The maximum atomic E-state index is 12.7. The molecule has 2 N–H and O–H groups in total. The van der Waals surface area contributed by atoms with Gasteiger partial charge in [0.05, 0.1) is 11.3 Å². The topological polar surface area (TPSA) is 74.7 Å². The lowest BCUT2D eigenvalue weighted by Crippen LogP contribution is -2.39. The Morgan fingerprint density at radius 3 is 2.10 bits per heavy atom. The zero-order chi connectivity index (χ0) is 29.1. The predicted octanol–water partition coefficient (Wildman–Crippen LogP) is 7.22. The molecule has 0 saturated carbocycles. The number of nitrogens with zero attached hydrogens (tertiary/aromatic N) is 2. The summed E-state index contributed by atoms with van der Waals surface area (Å²) in [5.41, 5.74) is 7.34. The number of carboxylic acid groups (broad SMARTS) is 1. The van der Waals surface area contributed by atoms with E-state index in [1.165, 1.54) is 11.1 Å². The van der Waals surface area contributed by atoms with Crippen LogP contribution in [0.4, 0.5) is 5.69 Å². The van der Waals surface area contributed by atoms with Gasteiger partial charge < -0.3 is 20.1 Å². The van der Waals surface area contributed by atoms with Crippen molar-refractivity contribution in [3.8, 4) is 11.1 Å². The van der Waals surface area contributed by atoms with Crippen LogP contribution in [-0.4, -0.2) is 34.8 Å². The van der Waals surface area contributed by atoms with E-state index in [0.717, 1.165) is 61.5 Å². The quantitative estimate of drug-likeness (QED) is 0.297. The largest absolute Gasteiger partial charge is 0.479 e. The summed E-state index contributed by atoms with van der Waals surface area (Å²) in [5.74, 6) is -0.993. The summed E-state index contributed by atoms with van der Waals surface area (Å²) in [6, 6.07) is 19.0. The lowest BCUT2D eigenvalue weighted by Gasteiger charge is -2.41. The SMILES string of the molecule is Cc1nc(C)c([C@H](OC(C)(C)C)C(=O)O)c(N2CCC(C)(C)CC2)c1-c1ccc(CNCc2ccccc2)cc1. The fourth-order valence-electron chi connectivity index (χ4n) is 5.49. The highest BCUT2D eigenvalue weighted by Crippen LogP contribution is 2.44. The number of carbonyl (C=O) groups is 1. The molecule has 0 spiro atoms. The van der Waals surface area contributed by atoms with E-state index in [4.69, 9.17) is 9.72 Å². The number of aliphatic carboxylic acids is 1. The third-order valence-electron chi connectivity index (χ3n) is 7.71. The fourth-order valence-corrected chi connectivity index (χ4v) is 5.49. The Morgan fingerprint density at radius 2 is 1.55 bits per heavy atom. The van der Waals surface area contributed by atoms with E-state index in [1.54, 1.807) is 0 Å². The van der Waals surface area contributed by atoms with Crippen molar-refractivity contribution in [3.05, 3.63) is 82.7 Å². The van der Waals surface area contributed by atoms with Gasteiger partial charge in [-0.3, -0.25) is 4.98 Å². The van der Waals surface area contributed by atoms with Crippen molar-refractivity contribution >= 4 is 11.7 Å². The van der Waals surface area contributed by atoms with Crippen LogP contribution in [0.5, 0.6) is 0 Å². The highest BCUT2D eigenvalue weighted by Gasteiger charge is 2.36. The van der Waals surface area contributed by atoms with Crippen LogP contribution < -0.4 is 10.2 Å². The standard InChI is InChI=1S/C34H45N3O3/c1-23-28(27-15-13-26(14-16-27)22-35-21-25-11-9-8-10-12-25)30(37-19-17-34(6,7)18-20-37)29(24(2)36-23)31(32(38)39)40-33(3,4)5/h8-16,31,35H,17-22H2,1-7H3,(H,38,39)/t31-/m0/s1. The molecule has 1 fully saturated rings. The normalized spacial score (nSPS) is 16.1. The Hall–Kier alpha value is -3.22. The number of anilines is 1. The second kappa shape index (κ2) is 12.1. The molecule has 1 aliphatic rings. The lowest BCUT2D eigenvalue weighted by atomic mass is 9.81. The minimum Gasteiger partial charge on any atom is -0.479 e. The van der Waals surface area contributed by atoms with Gasteiger partial charge in [-0.2, -0.15) is 0 Å². The van der Waals surface area contributed by atoms with Gasteiger partial charge in [0.25, 0.3) is 0 Å². The minimum absolute atomic E-state index is 0.260. The summed E-state index contributed by atoms with van der Waals surface area (Å²) in [5, 5.41) is 13.9. The maximum absolute atomic E-state index is 12.7. The number of benzene rings is 2. The molecule has 3 aromatic rings. The second-order valence-electron chi connectivity index (χ2n) is 12.8. The van der Waals surface area contributed by atoms with Gasteiger partial charge in [-0.15, -0.1) is 0 Å². The first-order valence-electron chi connectivity index (χ1n) is 14.4. The number of rotatable bonds is 9. The fraction of sp³-hybridized carbons (Fsp3) is 0.471. The highest BCUT2D eigenvalue weighted by atomic mass is 16.5. The molecule has 2 heterocycles. The zero-order valence-electron chi connectivity index (χ0n) is 25.2. The number of aryl methyl sites for hydroxylation is 2. The van der Waals surface area contributed by atoms with Crippen LogP contribution in [0, 0.1) is 19.3 Å². The summed E-state index contributed by atoms with van der Waals surface area (Å²) < 4.78 is 6.19. The average molecular weight is 544 g/mol.